The molecule has 2 nitrogen and oxygen atoms in total. The number of fused-ring (bicyclic) bond motifs is 1. The quantitative estimate of drug-likeness (QED) is 0.703. The van der Waals surface area contributed by atoms with Crippen molar-refractivity contribution in [2.75, 3.05) is 5.32 Å². The molecular weight excluding hydrogens is 256 g/mol. The molecule has 0 bridgehead atoms. The summed E-state index contributed by atoms with van der Waals surface area (Å²) in [6, 6.07) is 20.9. The van der Waals surface area contributed by atoms with Crippen LogP contribution in [0, 0.1) is 0 Å². The first-order chi connectivity index (χ1) is 10.0. The highest BCUT2D eigenvalue weighted by Gasteiger charge is 2.13. The number of rotatable bonds is 2. The van der Waals surface area contributed by atoms with Crippen LogP contribution in [-0.2, 0) is 0 Å². The Balaban J connectivity index is 2.21. The topological polar surface area (TPSA) is 24.9 Å². The molecule has 3 rings (SSSR count). The van der Waals surface area contributed by atoms with Crippen molar-refractivity contribution >= 4 is 16.7 Å². The predicted octanol–water partition coefficient (Wildman–Crippen LogP) is 5.11. The van der Waals surface area contributed by atoms with E-state index in [0.717, 1.165) is 11.3 Å². The number of pyridine rings is 1. The molecule has 2 heteroatoms. The second-order valence-electron chi connectivity index (χ2n) is 6.31. The van der Waals surface area contributed by atoms with Crippen molar-refractivity contribution < 1.29 is 0 Å². The molecule has 1 aromatic heterocycles. The van der Waals surface area contributed by atoms with Crippen LogP contribution in [0.5, 0.6) is 0 Å². The monoisotopic (exact) mass is 276 g/mol. The van der Waals surface area contributed by atoms with Gasteiger partial charge in [0.1, 0.15) is 5.82 Å². The van der Waals surface area contributed by atoms with Gasteiger partial charge in [0.05, 0.1) is 5.52 Å². The fourth-order valence-electron chi connectivity index (χ4n) is 2.48. The first-order valence-electron chi connectivity index (χ1n) is 7.26. The summed E-state index contributed by atoms with van der Waals surface area (Å²) in [6.07, 6.45) is 0. The number of nitrogens with zero attached hydrogens (tertiary/aromatic N) is 1. The molecule has 106 valence electrons. The Morgan fingerprint density at radius 1 is 0.857 bits per heavy atom. The summed E-state index contributed by atoms with van der Waals surface area (Å²) in [5.74, 6) is 0.917. The molecule has 0 amide bonds. The van der Waals surface area contributed by atoms with Crippen LogP contribution in [0.25, 0.3) is 22.0 Å². The van der Waals surface area contributed by atoms with Gasteiger partial charge in [-0.2, -0.15) is 0 Å². The Kier molecular flexibility index (Phi) is 3.38. The van der Waals surface area contributed by atoms with Gasteiger partial charge in [0.25, 0.3) is 0 Å². The van der Waals surface area contributed by atoms with E-state index in [1.807, 2.05) is 12.1 Å². The molecule has 0 spiro atoms. The molecule has 0 aliphatic rings. The average Bonchev–Trinajstić information content (AvgIpc) is 2.45. The second-order valence-corrected chi connectivity index (χ2v) is 6.31. The maximum Gasteiger partial charge on any atom is 0.127 e. The predicted molar refractivity (Wildman–Crippen MR) is 90.6 cm³/mol. The van der Waals surface area contributed by atoms with E-state index >= 15 is 0 Å². The van der Waals surface area contributed by atoms with Crippen LogP contribution < -0.4 is 5.32 Å². The highest BCUT2D eigenvalue weighted by Crippen LogP contribution is 2.30. The van der Waals surface area contributed by atoms with Gasteiger partial charge in [-0.25, -0.2) is 4.98 Å². The summed E-state index contributed by atoms with van der Waals surface area (Å²) in [6.45, 7) is 6.43. The molecule has 0 atom stereocenters. The molecule has 0 radical (unpaired) electrons. The Labute approximate surface area is 125 Å². The van der Waals surface area contributed by atoms with Crippen molar-refractivity contribution in [3.8, 4) is 11.1 Å². The number of para-hydroxylation sites is 1. The lowest BCUT2D eigenvalue weighted by Crippen LogP contribution is -2.26. The third kappa shape index (κ3) is 3.05. The Morgan fingerprint density at radius 2 is 1.52 bits per heavy atom. The van der Waals surface area contributed by atoms with Gasteiger partial charge in [-0.05, 0) is 44.0 Å². The van der Waals surface area contributed by atoms with Crippen LogP contribution in [0.15, 0.2) is 60.7 Å². The van der Waals surface area contributed by atoms with Gasteiger partial charge < -0.3 is 5.32 Å². The zero-order valence-corrected chi connectivity index (χ0v) is 12.7. The first-order valence-corrected chi connectivity index (χ1v) is 7.26. The summed E-state index contributed by atoms with van der Waals surface area (Å²) >= 11 is 0. The van der Waals surface area contributed by atoms with E-state index < -0.39 is 0 Å². The molecule has 2 aromatic carbocycles. The zero-order chi connectivity index (χ0) is 14.9. The van der Waals surface area contributed by atoms with Crippen molar-refractivity contribution in [2.45, 2.75) is 26.3 Å². The maximum absolute atomic E-state index is 4.74. The minimum Gasteiger partial charge on any atom is -0.365 e. The third-order valence-corrected chi connectivity index (χ3v) is 3.30. The minimum absolute atomic E-state index is 0.0105. The van der Waals surface area contributed by atoms with E-state index in [-0.39, 0.29) is 5.54 Å². The van der Waals surface area contributed by atoms with E-state index in [1.54, 1.807) is 0 Å². The van der Waals surface area contributed by atoms with E-state index in [1.165, 1.54) is 16.5 Å². The molecule has 0 aliphatic carbocycles. The smallest absolute Gasteiger partial charge is 0.127 e. The number of aromatic nitrogens is 1. The van der Waals surface area contributed by atoms with Crippen LogP contribution in [0.4, 0.5) is 5.82 Å². The number of benzene rings is 2. The summed E-state index contributed by atoms with van der Waals surface area (Å²) < 4.78 is 0. The molecule has 1 N–H and O–H groups in total. The number of anilines is 1. The van der Waals surface area contributed by atoms with E-state index in [4.69, 9.17) is 4.98 Å². The van der Waals surface area contributed by atoms with Crippen molar-refractivity contribution in [3.05, 3.63) is 60.7 Å². The van der Waals surface area contributed by atoms with Gasteiger partial charge in [-0.1, -0.05) is 48.5 Å². The number of nitrogens with one attached hydrogen (secondary N) is 1. The van der Waals surface area contributed by atoms with Crippen molar-refractivity contribution in [3.63, 3.8) is 0 Å². The molecule has 0 saturated heterocycles. The molecular formula is C19H20N2. The molecule has 1 heterocycles. The standard InChI is InChI=1S/C19H20N2/c1-19(2,3)21-18-13-16(14-9-5-4-6-10-14)15-11-7-8-12-17(15)20-18/h4-13H,1-3H3,(H,20,21). The fraction of sp³-hybridized carbons (Fsp3) is 0.211. The van der Waals surface area contributed by atoms with Crippen molar-refractivity contribution in [1.82, 2.24) is 4.98 Å². The largest absolute Gasteiger partial charge is 0.365 e. The van der Waals surface area contributed by atoms with E-state index in [0.29, 0.717) is 0 Å². The van der Waals surface area contributed by atoms with Gasteiger partial charge in [0.2, 0.25) is 0 Å². The zero-order valence-electron chi connectivity index (χ0n) is 12.7. The summed E-state index contributed by atoms with van der Waals surface area (Å²) in [5, 5.41) is 4.66. The lowest BCUT2D eigenvalue weighted by atomic mass is 10.0. The van der Waals surface area contributed by atoms with Gasteiger partial charge in [0, 0.05) is 10.9 Å². The lowest BCUT2D eigenvalue weighted by Gasteiger charge is -2.22. The van der Waals surface area contributed by atoms with Gasteiger partial charge in [-0.3, -0.25) is 0 Å². The molecule has 0 unspecified atom stereocenters. The van der Waals surface area contributed by atoms with Crippen LogP contribution in [0.2, 0.25) is 0 Å². The molecule has 0 aliphatic heterocycles. The van der Waals surface area contributed by atoms with Crippen LogP contribution in [-0.4, -0.2) is 10.5 Å². The normalized spacial score (nSPS) is 11.6. The number of hydrogen-bond donors (Lipinski definition) is 1. The fourth-order valence-corrected chi connectivity index (χ4v) is 2.48. The first kappa shape index (κ1) is 13.6. The maximum atomic E-state index is 4.74. The number of hydrogen-bond acceptors (Lipinski definition) is 2. The molecule has 0 saturated carbocycles. The van der Waals surface area contributed by atoms with Gasteiger partial charge in [0.15, 0.2) is 0 Å². The Bertz CT molecular complexity index is 755. The van der Waals surface area contributed by atoms with Gasteiger partial charge >= 0.3 is 0 Å². The Morgan fingerprint density at radius 3 is 2.24 bits per heavy atom. The van der Waals surface area contributed by atoms with Crippen LogP contribution in [0.1, 0.15) is 20.8 Å². The van der Waals surface area contributed by atoms with E-state index in [9.17, 15) is 0 Å². The lowest BCUT2D eigenvalue weighted by molar-refractivity contribution is 0.631. The highest BCUT2D eigenvalue weighted by molar-refractivity contribution is 5.96. The highest BCUT2D eigenvalue weighted by atomic mass is 15.0. The molecule has 3 aromatic rings. The third-order valence-electron chi connectivity index (χ3n) is 3.30. The average molecular weight is 276 g/mol. The van der Waals surface area contributed by atoms with Crippen molar-refractivity contribution in [2.24, 2.45) is 0 Å². The second kappa shape index (κ2) is 5.21. The summed E-state index contributed by atoms with van der Waals surface area (Å²) in [5.41, 5.74) is 3.44. The summed E-state index contributed by atoms with van der Waals surface area (Å²) in [7, 11) is 0. The van der Waals surface area contributed by atoms with Crippen LogP contribution >= 0.6 is 0 Å². The van der Waals surface area contributed by atoms with E-state index in [2.05, 4.69) is 74.6 Å². The SMILES string of the molecule is CC(C)(C)Nc1cc(-c2ccccc2)c2ccccc2n1. The molecule has 0 fully saturated rings. The Hall–Kier alpha value is -2.35. The van der Waals surface area contributed by atoms with Crippen LogP contribution in [0.3, 0.4) is 0 Å². The van der Waals surface area contributed by atoms with Crippen molar-refractivity contribution in [1.29, 1.82) is 0 Å². The minimum atomic E-state index is -0.0105. The summed E-state index contributed by atoms with van der Waals surface area (Å²) in [4.78, 5) is 4.74. The molecule has 21 heavy (non-hydrogen) atoms. The van der Waals surface area contributed by atoms with Gasteiger partial charge in [-0.15, -0.1) is 0 Å².